The highest BCUT2D eigenvalue weighted by atomic mass is 32.2. The van der Waals surface area contributed by atoms with Gasteiger partial charge in [-0.3, -0.25) is 9.69 Å². The van der Waals surface area contributed by atoms with Gasteiger partial charge in [0, 0.05) is 18.7 Å². The lowest BCUT2D eigenvalue weighted by Gasteiger charge is -2.03. The van der Waals surface area contributed by atoms with E-state index in [0.29, 0.717) is 20.7 Å². The van der Waals surface area contributed by atoms with Crippen molar-refractivity contribution >= 4 is 46.3 Å². The van der Waals surface area contributed by atoms with Crippen LogP contribution in [0.4, 0.5) is 0 Å². The van der Waals surface area contributed by atoms with Crippen LogP contribution in [0.25, 0.3) is 17.4 Å². The van der Waals surface area contributed by atoms with Crippen LogP contribution in [0, 0.1) is 0 Å². The van der Waals surface area contributed by atoms with Crippen molar-refractivity contribution in [3.63, 3.8) is 0 Å². The molecule has 0 unspecified atom stereocenters. The number of likely N-dealkylation sites (N-methyl/N-ethyl adjacent to an activating group) is 1. The summed E-state index contributed by atoms with van der Waals surface area (Å²) in [4.78, 5) is 24.6. The number of carbonyl (C=O) groups is 2. The lowest BCUT2D eigenvalue weighted by Crippen LogP contribution is -2.22. The first-order valence-corrected chi connectivity index (χ1v) is 7.81. The molecule has 2 aromatic rings. The van der Waals surface area contributed by atoms with Gasteiger partial charge < -0.3 is 14.3 Å². The number of aromatic carboxylic acids is 1. The van der Waals surface area contributed by atoms with Gasteiger partial charge in [-0.15, -0.1) is 0 Å². The number of hydrogen-bond acceptors (Lipinski definition) is 6. The first-order chi connectivity index (χ1) is 11.0. The highest BCUT2D eigenvalue weighted by molar-refractivity contribution is 8.26. The Morgan fingerprint density at radius 3 is 2.52 bits per heavy atom. The number of thioether (sulfide) groups is 1. The minimum atomic E-state index is -1.22. The number of nitrogens with zero attached hydrogens (tertiary/aromatic N) is 1. The molecule has 7 heteroatoms. The average molecular weight is 344 g/mol. The number of thiocarbonyl (C=S) groups is 1. The molecule has 0 saturated carbocycles. The van der Waals surface area contributed by atoms with Gasteiger partial charge in [0.25, 0.3) is 5.91 Å². The van der Waals surface area contributed by atoms with Crippen molar-refractivity contribution in [2.24, 2.45) is 0 Å². The molecule has 1 aliphatic rings. The molecular formula is C16H10NO4S2-. The second-order valence-electron chi connectivity index (χ2n) is 4.81. The van der Waals surface area contributed by atoms with Gasteiger partial charge in [-0.1, -0.05) is 48.2 Å². The summed E-state index contributed by atoms with van der Waals surface area (Å²) >= 11 is 6.29. The van der Waals surface area contributed by atoms with Gasteiger partial charge in [0.2, 0.25) is 0 Å². The van der Waals surface area contributed by atoms with E-state index in [2.05, 4.69) is 0 Å². The van der Waals surface area contributed by atoms with Gasteiger partial charge in [-0.05, 0) is 17.7 Å². The largest absolute Gasteiger partial charge is 0.545 e. The average Bonchev–Trinajstić information content (AvgIpc) is 3.09. The Morgan fingerprint density at radius 1 is 1.26 bits per heavy atom. The zero-order valence-electron chi connectivity index (χ0n) is 11.9. The highest BCUT2D eigenvalue weighted by Crippen LogP contribution is 2.32. The molecule has 116 valence electrons. The number of hydrogen-bond donors (Lipinski definition) is 0. The Balaban J connectivity index is 1.85. The van der Waals surface area contributed by atoms with E-state index in [1.807, 2.05) is 0 Å². The summed E-state index contributed by atoms with van der Waals surface area (Å²) in [6.45, 7) is 0. The lowest BCUT2D eigenvalue weighted by atomic mass is 10.1. The maximum absolute atomic E-state index is 11.9. The van der Waals surface area contributed by atoms with Gasteiger partial charge in [-0.2, -0.15) is 0 Å². The second-order valence-corrected chi connectivity index (χ2v) is 6.48. The molecule has 0 bridgehead atoms. The van der Waals surface area contributed by atoms with Crippen LogP contribution in [0.15, 0.2) is 45.7 Å². The molecular weight excluding hydrogens is 334 g/mol. The van der Waals surface area contributed by atoms with Crippen molar-refractivity contribution in [2.75, 3.05) is 7.05 Å². The quantitative estimate of drug-likeness (QED) is 0.627. The molecule has 23 heavy (non-hydrogen) atoms. The molecule has 5 nitrogen and oxygen atoms in total. The predicted molar refractivity (Wildman–Crippen MR) is 89.4 cm³/mol. The summed E-state index contributed by atoms with van der Waals surface area (Å²) in [6.07, 6.45) is 1.64. The fourth-order valence-corrected chi connectivity index (χ4v) is 3.19. The van der Waals surface area contributed by atoms with Crippen LogP contribution in [0.5, 0.6) is 0 Å². The molecule has 1 amide bonds. The zero-order chi connectivity index (χ0) is 16.6. The van der Waals surface area contributed by atoms with E-state index in [0.717, 1.165) is 5.56 Å². The molecule has 1 fully saturated rings. The predicted octanol–water partition coefficient (Wildman–Crippen LogP) is 2.14. The normalized spacial score (nSPS) is 16.4. The highest BCUT2D eigenvalue weighted by Gasteiger charge is 2.28. The monoisotopic (exact) mass is 344 g/mol. The first-order valence-electron chi connectivity index (χ1n) is 6.59. The SMILES string of the molecule is CN1C(=O)/C(=C/c2ccc(-c3ccc(C(=O)[O-])cc3)o2)SC1=S. The third-order valence-electron chi connectivity index (χ3n) is 3.29. The van der Waals surface area contributed by atoms with Crippen molar-refractivity contribution in [1.29, 1.82) is 0 Å². The van der Waals surface area contributed by atoms with Crippen LogP contribution < -0.4 is 5.11 Å². The smallest absolute Gasteiger partial charge is 0.266 e. The summed E-state index contributed by atoms with van der Waals surface area (Å²) in [5.41, 5.74) is 0.838. The molecule has 0 N–H and O–H groups in total. The summed E-state index contributed by atoms with van der Waals surface area (Å²) in [5, 5.41) is 10.7. The van der Waals surface area contributed by atoms with Crippen LogP contribution >= 0.6 is 24.0 Å². The maximum Gasteiger partial charge on any atom is 0.266 e. The standard InChI is InChI=1S/C16H11NO4S2/c1-17-14(18)13(23-16(17)22)8-11-6-7-12(21-11)9-2-4-10(5-3-9)15(19)20/h2-8H,1H3,(H,19,20)/p-1/b13-8-. The summed E-state index contributed by atoms with van der Waals surface area (Å²) < 4.78 is 6.19. The number of carboxylic acids is 1. The Hall–Kier alpha value is -2.38. The molecule has 2 heterocycles. The van der Waals surface area contributed by atoms with Gasteiger partial charge in [0.1, 0.15) is 15.8 Å². The van der Waals surface area contributed by atoms with E-state index in [1.54, 1.807) is 37.4 Å². The van der Waals surface area contributed by atoms with Crippen LogP contribution in [0.1, 0.15) is 16.1 Å². The van der Waals surface area contributed by atoms with Gasteiger partial charge >= 0.3 is 0 Å². The lowest BCUT2D eigenvalue weighted by molar-refractivity contribution is -0.255. The maximum atomic E-state index is 11.9. The van der Waals surface area contributed by atoms with Crippen molar-refractivity contribution in [3.8, 4) is 11.3 Å². The second kappa shape index (κ2) is 6.02. The number of rotatable bonds is 3. The zero-order valence-corrected chi connectivity index (χ0v) is 13.6. The van der Waals surface area contributed by atoms with E-state index < -0.39 is 5.97 Å². The summed E-state index contributed by atoms with van der Waals surface area (Å²) in [6, 6.07) is 9.68. The van der Waals surface area contributed by atoms with Crippen molar-refractivity contribution in [3.05, 3.63) is 52.6 Å². The fraction of sp³-hybridized carbons (Fsp3) is 0.0625. The molecule has 1 saturated heterocycles. The molecule has 3 rings (SSSR count). The minimum Gasteiger partial charge on any atom is -0.545 e. The number of carboxylic acid groups (broad SMARTS) is 1. The van der Waals surface area contributed by atoms with E-state index >= 15 is 0 Å². The molecule has 0 spiro atoms. The number of amides is 1. The van der Waals surface area contributed by atoms with E-state index in [-0.39, 0.29) is 11.5 Å². The van der Waals surface area contributed by atoms with Gasteiger partial charge in [0.05, 0.1) is 10.9 Å². The van der Waals surface area contributed by atoms with Crippen molar-refractivity contribution in [1.82, 2.24) is 4.90 Å². The summed E-state index contributed by atoms with van der Waals surface area (Å²) in [7, 11) is 1.63. The Kier molecular flexibility index (Phi) is 4.06. The number of carbonyl (C=O) groups excluding carboxylic acids is 2. The molecule has 0 radical (unpaired) electrons. The molecule has 1 aromatic carbocycles. The fourth-order valence-electron chi connectivity index (χ4n) is 2.03. The molecule has 0 aliphatic carbocycles. The van der Waals surface area contributed by atoms with Crippen molar-refractivity contribution in [2.45, 2.75) is 0 Å². The minimum absolute atomic E-state index is 0.104. The van der Waals surface area contributed by atoms with Gasteiger partial charge in [-0.25, -0.2) is 0 Å². The van der Waals surface area contributed by atoms with Crippen LogP contribution in [-0.4, -0.2) is 28.1 Å². The van der Waals surface area contributed by atoms with Crippen molar-refractivity contribution < 1.29 is 19.1 Å². The number of furan rings is 1. The van der Waals surface area contributed by atoms with E-state index in [9.17, 15) is 14.7 Å². The molecule has 1 aromatic heterocycles. The Labute approximate surface area is 141 Å². The molecule has 1 aliphatic heterocycles. The van der Waals surface area contributed by atoms with Gasteiger partial charge in [0.15, 0.2) is 0 Å². The van der Waals surface area contributed by atoms with Crippen LogP contribution in [0.3, 0.4) is 0 Å². The van der Waals surface area contributed by atoms with Crippen LogP contribution in [0.2, 0.25) is 0 Å². The Bertz CT molecular complexity index is 836. The van der Waals surface area contributed by atoms with E-state index in [1.165, 1.54) is 28.8 Å². The third-order valence-corrected chi connectivity index (χ3v) is 4.78. The Morgan fingerprint density at radius 2 is 1.96 bits per heavy atom. The topological polar surface area (TPSA) is 73.6 Å². The van der Waals surface area contributed by atoms with Crippen LogP contribution in [-0.2, 0) is 4.79 Å². The summed E-state index contributed by atoms with van der Waals surface area (Å²) in [5.74, 6) is -0.277. The third kappa shape index (κ3) is 3.06. The first kappa shape index (κ1) is 15.5. The molecule has 0 atom stereocenters. The number of benzene rings is 1. The van der Waals surface area contributed by atoms with E-state index in [4.69, 9.17) is 16.6 Å².